The molecule has 0 aliphatic carbocycles. The maximum absolute atomic E-state index is 11.2. The summed E-state index contributed by atoms with van der Waals surface area (Å²) in [5.74, 6) is -0.809. The Morgan fingerprint density at radius 2 is 2.11 bits per heavy atom. The van der Waals surface area contributed by atoms with Gasteiger partial charge in [-0.05, 0) is 12.5 Å². The summed E-state index contributed by atoms with van der Waals surface area (Å²) < 4.78 is 4.81. The van der Waals surface area contributed by atoms with Gasteiger partial charge in [0.05, 0.1) is 4.92 Å². The third kappa shape index (κ3) is 1.61. The highest BCUT2D eigenvalue weighted by Crippen LogP contribution is 2.35. The Labute approximate surface area is 99.4 Å². The molecule has 0 unspecified atom stereocenters. The van der Waals surface area contributed by atoms with E-state index in [1.54, 1.807) is 6.92 Å². The number of nitrogens with zero attached hydrogens (tertiary/aromatic N) is 1. The zero-order valence-corrected chi connectivity index (χ0v) is 9.17. The molecule has 0 atom stereocenters. The van der Waals surface area contributed by atoms with Gasteiger partial charge in [0.1, 0.15) is 5.56 Å². The van der Waals surface area contributed by atoms with Crippen LogP contribution in [0, 0.1) is 17.0 Å². The van der Waals surface area contributed by atoms with Crippen LogP contribution in [0.2, 0.25) is 0 Å². The zero-order valence-electron chi connectivity index (χ0n) is 9.17. The van der Waals surface area contributed by atoms with Crippen LogP contribution >= 0.6 is 0 Å². The molecular formula is C11H7NO6. The standard InChI is InChI=1S/C11H7NO6/c1-5-2-9(14)18-11-6(5)3-8(12(16)17)10(15)7(11)4-13/h2-4,15H,1H3. The van der Waals surface area contributed by atoms with Gasteiger partial charge in [0.2, 0.25) is 5.75 Å². The molecule has 1 aromatic heterocycles. The number of hydrogen-bond donors (Lipinski definition) is 1. The zero-order chi connectivity index (χ0) is 13.4. The van der Waals surface area contributed by atoms with Gasteiger partial charge in [-0.25, -0.2) is 4.79 Å². The van der Waals surface area contributed by atoms with Gasteiger partial charge < -0.3 is 9.52 Å². The molecule has 0 bridgehead atoms. The summed E-state index contributed by atoms with van der Waals surface area (Å²) in [4.78, 5) is 32.0. The highest BCUT2D eigenvalue weighted by Gasteiger charge is 2.23. The van der Waals surface area contributed by atoms with Crippen LogP contribution < -0.4 is 5.63 Å². The van der Waals surface area contributed by atoms with Crippen molar-refractivity contribution in [3.63, 3.8) is 0 Å². The van der Waals surface area contributed by atoms with Crippen LogP contribution in [0.4, 0.5) is 5.69 Å². The lowest BCUT2D eigenvalue weighted by Crippen LogP contribution is -2.01. The topological polar surface area (TPSA) is 111 Å². The van der Waals surface area contributed by atoms with E-state index in [4.69, 9.17) is 4.42 Å². The largest absolute Gasteiger partial charge is 0.501 e. The molecule has 0 amide bonds. The number of aromatic hydroxyl groups is 1. The number of benzene rings is 1. The highest BCUT2D eigenvalue weighted by molar-refractivity contribution is 6.00. The van der Waals surface area contributed by atoms with E-state index in [1.807, 2.05) is 0 Å². The maximum Gasteiger partial charge on any atom is 0.336 e. The second-order valence-electron chi connectivity index (χ2n) is 3.66. The van der Waals surface area contributed by atoms with Crippen LogP contribution in [0.15, 0.2) is 21.3 Å². The molecule has 0 aliphatic rings. The number of fused-ring (bicyclic) bond motifs is 1. The van der Waals surface area contributed by atoms with Gasteiger partial charge in [-0.2, -0.15) is 0 Å². The van der Waals surface area contributed by atoms with E-state index in [-0.39, 0.29) is 17.3 Å². The first kappa shape index (κ1) is 11.8. The number of nitro benzene ring substituents is 1. The smallest absolute Gasteiger partial charge is 0.336 e. The summed E-state index contributed by atoms with van der Waals surface area (Å²) in [7, 11) is 0. The Morgan fingerprint density at radius 3 is 2.67 bits per heavy atom. The number of carbonyl (C=O) groups is 1. The second kappa shape index (κ2) is 3.95. The minimum absolute atomic E-state index is 0.155. The predicted molar refractivity (Wildman–Crippen MR) is 60.9 cm³/mol. The predicted octanol–water partition coefficient (Wildman–Crippen LogP) is 1.53. The first-order valence-corrected chi connectivity index (χ1v) is 4.85. The van der Waals surface area contributed by atoms with Crippen molar-refractivity contribution < 1.29 is 19.2 Å². The molecule has 0 spiro atoms. The van der Waals surface area contributed by atoms with Crippen LogP contribution in [0.1, 0.15) is 15.9 Å². The third-order valence-corrected chi connectivity index (χ3v) is 2.54. The van der Waals surface area contributed by atoms with Crippen molar-refractivity contribution >= 4 is 22.9 Å². The summed E-state index contributed by atoms with van der Waals surface area (Å²) in [6, 6.07) is 2.22. The molecule has 18 heavy (non-hydrogen) atoms. The molecule has 0 aliphatic heterocycles. The van der Waals surface area contributed by atoms with Gasteiger partial charge in [-0.1, -0.05) is 0 Å². The number of hydrogen-bond acceptors (Lipinski definition) is 6. The van der Waals surface area contributed by atoms with E-state index in [0.29, 0.717) is 5.56 Å². The Bertz CT molecular complexity index is 730. The molecule has 7 heteroatoms. The van der Waals surface area contributed by atoms with Crippen molar-refractivity contribution in [3.8, 4) is 5.75 Å². The number of phenols is 1. The molecule has 0 saturated heterocycles. The lowest BCUT2D eigenvalue weighted by molar-refractivity contribution is -0.385. The number of aldehydes is 1. The monoisotopic (exact) mass is 249 g/mol. The van der Waals surface area contributed by atoms with Crippen molar-refractivity contribution in [2.75, 3.05) is 0 Å². The summed E-state index contributed by atoms with van der Waals surface area (Å²) in [6.45, 7) is 1.55. The van der Waals surface area contributed by atoms with Gasteiger partial charge in [-0.3, -0.25) is 14.9 Å². The first-order chi connectivity index (χ1) is 8.45. The lowest BCUT2D eigenvalue weighted by atomic mass is 10.1. The van der Waals surface area contributed by atoms with E-state index in [9.17, 15) is 24.8 Å². The molecular weight excluding hydrogens is 242 g/mol. The number of aryl methyl sites for hydroxylation is 1. The number of nitro groups is 1. The number of carbonyl (C=O) groups excluding carboxylic acids is 1. The minimum atomic E-state index is -0.813. The molecule has 1 N–H and O–H groups in total. The number of phenolic OH excluding ortho intramolecular Hbond substituents is 1. The van der Waals surface area contributed by atoms with Crippen molar-refractivity contribution in [1.29, 1.82) is 0 Å². The van der Waals surface area contributed by atoms with E-state index in [1.165, 1.54) is 0 Å². The molecule has 7 nitrogen and oxygen atoms in total. The van der Waals surface area contributed by atoms with Crippen LogP contribution in [0.3, 0.4) is 0 Å². The summed E-state index contributed by atoms with van der Waals surface area (Å²) >= 11 is 0. The summed E-state index contributed by atoms with van der Waals surface area (Å²) in [5.41, 5.74) is -1.44. The van der Waals surface area contributed by atoms with Crippen LogP contribution in [-0.2, 0) is 0 Å². The third-order valence-electron chi connectivity index (χ3n) is 2.54. The van der Waals surface area contributed by atoms with E-state index in [0.717, 1.165) is 12.1 Å². The van der Waals surface area contributed by atoms with Crippen LogP contribution in [0.5, 0.6) is 5.75 Å². The Morgan fingerprint density at radius 1 is 1.44 bits per heavy atom. The first-order valence-electron chi connectivity index (χ1n) is 4.85. The van der Waals surface area contributed by atoms with Crippen molar-refractivity contribution in [2.45, 2.75) is 6.92 Å². The molecule has 0 fully saturated rings. The van der Waals surface area contributed by atoms with Crippen molar-refractivity contribution in [2.24, 2.45) is 0 Å². The number of rotatable bonds is 2. The Kier molecular flexibility index (Phi) is 2.59. The second-order valence-corrected chi connectivity index (χ2v) is 3.66. The van der Waals surface area contributed by atoms with Gasteiger partial charge in [0, 0.05) is 17.5 Å². The van der Waals surface area contributed by atoms with Gasteiger partial charge in [0.25, 0.3) is 0 Å². The van der Waals surface area contributed by atoms with Gasteiger partial charge in [-0.15, -0.1) is 0 Å². The van der Waals surface area contributed by atoms with E-state index >= 15 is 0 Å². The van der Waals surface area contributed by atoms with E-state index in [2.05, 4.69) is 0 Å². The molecule has 1 heterocycles. The fraction of sp³-hybridized carbons (Fsp3) is 0.0909. The Hall–Kier alpha value is -2.70. The fourth-order valence-corrected chi connectivity index (χ4v) is 1.70. The molecule has 0 radical (unpaired) electrons. The molecule has 2 aromatic rings. The summed E-state index contributed by atoms with van der Waals surface area (Å²) in [6.07, 6.45) is 0.215. The average Bonchev–Trinajstić information content (AvgIpc) is 2.27. The average molecular weight is 249 g/mol. The molecule has 92 valence electrons. The molecule has 1 aromatic carbocycles. The fourth-order valence-electron chi connectivity index (χ4n) is 1.70. The highest BCUT2D eigenvalue weighted by atomic mass is 16.6. The normalized spacial score (nSPS) is 10.5. The molecule has 2 rings (SSSR count). The SMILES string of the molecule is Cc1cc(=O)oc2c(C=O)c(O)c([N+](=O)[O-])cc12. The quantitative estimate of drug-likeness (QED) is 0.374. The lowest BCUT2D eigenvalue weighted by Gasteiger charge is -2.05. The van der Waals surface area contributed by atoms with Crippen LogP contribution in [-0.4, -0.2) is 16.3 Å². The van der Waals surface area contributed by atoms with Gasteiger partial charge in [0.15, 0.2) is 11.9 Å². The van der Waals surface area contributed by atoms with E-state index < -0.39 is 27.5 Å². The molecule has 0 saturated carbocycles. The minimum Gasteiger partial charge on any atom is -0.501 e. The van der Waals surface area contributed by atoms with Crippen LogP contribution in [0.25, 0.3) is 11.0 Å². The van der Waals surface area contributed by atoms with Crippen molar-refractivity contribution in [3.05, 3.63) is 43.8 Å². The summed E-state index contributed by atoms with van der Waals surface area (Å²) in [5, 5.41) is 20.6. The van der Waals surface area contributed by atoms with Gasteiger partial charge >= 0.3 is 11.3 Å². The van der Waals surface area contributed by atoms with Crippen molar-refractivity contribution in [1.82, 2.24) is 0 Å². The maximum atomic E-state index is 11.2. The Balaban J connectivity index is 3.06.